The van der Waals surface area contributed by atoms with Gasteiger partial charge in [0, 0.05) is 14.2 Å². The second-order valence-corrected chi connectivity index (χ2v) is 5.18. The van der Waals surface area contributed by atoms with E-state index < -0.39 is 0 Å². The largest absolute Gasteiger partial charge is 0.508 e. The molecule has 0 aliphatic heterocycles. The van der Waals surface area contributed by atoms with E-state index in [1.165, 1.54) is 5.56 Å². The molecule has 3 nitrogen and oxygen atoms in total. The van der Waals surface area contributed by atoms with Gasteiger partial charge in [0.25, 0.3) is 0 Å². The Hall–Kier alpha value is -2.78. The molecule has 0 aromatic heterocycles. The van der Waals surface area contributed by atoms with Crippen molar-refractivity contribution in [1.82, 2.24) is 0 Å². The van der Waals surface area contributed by atoms with E-state index in [0.29, 0.717) is 11.5 Å². The van der Waals surface area contributed by atoms with Crippen LogP contribution in [0.3, 0.4) is 0 Å². The highest BCUT2D eigenvalue weighted by molar-refractivity contribution is 5.29. The van der Waals surface area contributed by atoms with E-state index in [0.717, 1.165) is 5.56 Å². The predicted octanol–water partition coefficient (Wildman–Crippen LogP) is 5.35. The van der Waals surface area contributed by atoms with Crippen LogP contribution in [-0.4, -0.2) is 24.4 Å². The normalized spacial score (nSPS) is 8.48. The topological polar surface area (TPSA) is 49.7 Å². The van der Waals surface area contributed by atoms with Crippen molar-refractivity contribution in [3.8, 4) is 11.5 Å². The van der Waals surface area contributed by atoms with Crippen LogP contribution in [0, 0.1) is 13.8 Å². The molecular weight excluding hydrogens is 312 g/mol. The summed E-state index contributed by atoms with van der Waals surface area (Å²) in [4.78, 5) is 0. The van der Waals surface area contributed by atoms with Gasteiger partial charge in [-0.3, -0.25) is 0 Å². The average molecular weight is 340 g/mol. The standard InChI is InChI=1S/C7H8O.C7H8.C6H6O.C2H6O/c1-6-4-2-3-5-7(6)8;1-7-5-3-2-4-6-7;7-6-4-2-1-3-5-6;1-3-2/h2-5,8H,1H3;2-6H,1H3;1-5,7H;1-2H3. The number of methoxy groups -OCH3 is 1. The van der Waals surface area contributed by atoms with E-state index in [2.05, 4.69) is 23.8 Å². The molecule has 0 fully saturated rings. The van der Waals surface area contributed by atoms with Crippen LogP contribution in [-0.2, 0) is 4.74 Å². The first kappa shape index (κ1) is 22.2. The molecule has 3 aromatic rings. The van der Waals surface area contributed by atoms with Crippen molar-refractivity contribution in [2.45, 2.75) is 13.8 Å². The maximum absolute atomic E-state index is 8.92. The number of ether oxygens (including phenoxy) is 1. The van der Waals surface area contributed by atoms with Crippen LogP contribution in [0.2, 0.25) is 0 Å². The lowest BCUT2D eigenvalue weighted by Crippen LogP contribution is -1.68. The lowest BCUT2D eigenvalue weighted by atomic mass is 10.2. The third-order valence-corrected chi connectivity index (χ3v) is 2.81. The van der Waals surface area contributed by atoms with Crippen molar-refractivity contribution >= 4 is 0 Å². The minimum atomic E-state index is 0.322. The van der Waals surface area contributed by atoms with Crippen molar-refractivity contribution in [2.75, 3.05) is 14.2 Å². The van der Waals surface area contributed by atoms with Crippen LogP contribution in [0.4, 0.5) is 0 Å². The van der Waals surface area contributed by atoms with Crippen LogP contribution < -0.4 is 0 Å². The lowest BCUT2D eigenvalue weighted by molar-refractivity contribution is 0.277. The van der Waals surface area contributed by atoms with Crippen LogP contribution in [0.25, 0.3) is 0 Å². The maximum atomic E-state index is 8.92. The first-order chi connectivity index (χ1) is 12.0. The summed E-state index contributed by atoms with van der Waals surface area (Å²) in [5.74, 6) is 0.690. The molecule has 2 N–H and O–H groups in total. The third-order valence-electron chi connectivity index (χ3n) is 2.81. The van der Waals surface area contributed by atoms with Gasteiger partial charge in [-0.15, -0.1) is 0 Å². The molecule has 0 spiro atoms. The van der Waals surface area contributed by atoms with Crippen molar-refractivity contribution in [3.05, 3.63) is 96.1 Å². The highest BCUT2D eigenvalue weighted by atomic mass is 16.4. The smallest absolute Gasteiger partial charge is 0.118 e. The number of aryl methyl sites for hydroxylation is 2. The summed E-state index contributed by atoms with van der Waals surface area (Å²) in [5.41, 5.74) is 2.25. The molecule has 3 aromatic carbocycles. The number of para-hydroxylation sites is 2. The Labute approximate surface area is 151 Å². The molecule has 0 heterocycles. The van der Waals surface area contributed by atoms with E-state index in [1.54, 1.807) is 44.6 Å². The summed E-state index contributed by atoms with van der Waals surface area (Å²) < 4.78 is 4.25. The number of phenolic OH excluding ortho intramolecular Hbond substituents is 2. The van der Waals surface area contributed by atoms with Gasteiger partial charge in [-0.1, -0.05) is 72.3 Å². The van der Waals surface area contributed by atoms with Crippen molar-refractivity contribution in [3.63, 3.8) is 0 Å². The minimum absolute atomic E-state index is 0.322. The van der Waals surface area contributed by atoms with Gasteiger partial charge in [0.2, 0.25) is 0 Å². The zero-order chi connectivity index (χ0) is 18.9. The highest BCUT2D eigenvalue weighted by Crippen LogP contribution is 2.12. The van der Waals surface area contributed by atoms with E-state index in [4.69, 9.17) is 10.2 Å². The molecule has 0 radical (unpaired) electrons. The van der Waals surface area contributed by atoms with Crippen LogP contribution in [0.5, 0.6) is 11.5 Å². The molecule has 134 valence electrons. The zero-order valence-electron chi connectivity index (χ0n) is 15.4. The first-order valence-corrected chi connectivity index (χ1v) is 7.91. The molecule has 0 unspecified atom stereocenters. The van der Waals surface area contributed by atoms with Gasteiger partial charge < -0.3 is 14.9 Å². The number of phenols is 2. The minimum Gasteiger partial charge on any atom is -0.508 e. The summed E-state index contributed by atoms with van der Waals surface area (Å²) in [7, 11) is 3.25. The van der Waals surface area contributed by atoms with E-state index in [1.807, 2.05) is 49.4 Å². The number of hydrogen-bond donors (Lipinski definition) is 2. The SMILES string of the molecule is COC.Cc1ccccc1.Cc1ccccc1O.Oc1ccccc1. The van der Waals surface area contributed by atoms with E-state index in [-0.39, 0.29) is 0 Å². The van der Waals surface area contributed by atoms with Gasteiger partial charge >= 0.3 is 0 Å². The van der Waals surface area contributed by atoms with Crippen LogP contribution in [0.1, 0.15) is 11.1 Å². The Bertz CT molecular complexity index is 594. The quantitative estimate of drug-likeness (QED) is 0.580. The van der Waals surface area contributed by atoms with Crippen LogP contribution >= 0.6 is 0 Å². The molecule has 25 heavy (non-hydrogen) atoms. The Kier molecular flexibility index (Phi) is 13.1. The zero-order valence-corrected chi connectivity index (χ0v) is 15.4. The molecule has 0 saturated carbocycles. The van der Waals surface area contributed by atoms with Gasteiger partial charge in [0.05, 0.1) is 0 Å². The molecule has 0 aliphatic rings. The molecule has 0 aliphatic carbocycles. The van der Waals surface area contributed by atoms with Gasteiger partial charge in [-0.2, -0.15) is 0 Å². The molecular formula is C22H28O3. The average Bonchev–Trinajstić information content (AvgIpc) is 2.61. The van der Waals surface area contributed by atoms with Gasteiger partial charge in [-0.05, 0) is 37.6 Å². The molecule has 0 saturated heterocycles. The third kappa shape index (κ3) is 13.4. The fourth-order valence-corrected chi connectivity index (χ4v) is 1.53. The lowest BCUT2D eigenvalue weighted by Gasteiger charge is -1.92. The highest BCUT2D eigenvalue weighted by Gasteiger charge is 1.87. The summed E-state index contributed by atoms with van der Waals surface area (Å²) >= 11 is 0. The molecule has 0 bridgehead atoms. The van der Waals surface area contributed by atoms with Crippen molar-refractivity contribution < 1.29 is 14.9 Å². The summed E-state index contributed by atoms with van der Waals surface area (Å²) in [6, 6.07) is 26.2. The second kappa shape index (κ2) is 14.8. The Morgan fingerprint density at radius 2 is 1.00 bits per heavy atom. The van der Waals surface area contributed by atoms with Crippen molar-refractivity contribution in [1.29, 1.82) is 0 Å². The summed E-state index contributed by atoms with van der Waals surface area (Å²) in [6.07, 6.45) is 0. The fourth-order valence-electron chi connectivity index (χ4n) is 1.53. The van der Waals surface area contributed by atoms with Gasteiger partial charge in [0.15, 0.2) is 0 Å². The number of aromatic hydroxyl groups is 2. The monoisotopic (exact) mass is 340 g/mol. The van der Waals surface area contributed by atoms with Crippen molar-refractivity contribution in [2.24, 2.45) is 0 Å². The Morgan fingerprint density at radius 3 is 1.24 bits per heavy atom. The number of rotatable bonds is 0. The van der Waals surface area contributed by atoms with E-state index in [9.17, 15) is 0 Å². The van der Waals surface area contributed by atoms with Crippen LogP contribution in [0.15, 0.2) is 84.9 Å². The first-order valence-electron chi connectivity index (χ1n) is 7.91. The maximum Gasteiger partial charge on any atom is 0.118 e. The summed E-state index contributed by atoms with van der Waals surface area (Å²) in [5, 5.41) is 17.6. The molecule has 3 rings (SSSR count). The van der Waals surface area contributed by atoms with Gasteiger partial charge in [0.1, 0.15) is 11.5 Å². The predicted molar refractivity (Wildman–Crippen MR) is 105 cm³/mol. The van der Waals surface area contributed by atoms with E-state index >= 15 is 0 Å². The number of benzene rings is 3. The molecule has 3 heteroatoms. The fraction of sp³-hybridized carbons (Fsp3) is 0.182. The Morgan fingerprint density at radius 1 is 0.600 bits per heavy atom. The summed E-state index contributed by atoms with van der Waals surface area (Å²) in [6.45, 7) is 3.95. The second-order valence-electron chi connectivity index (χ2n) is 5.18. The molecule has 0 atom stereocenters. The Balaban J connectivity index is 0.000000321. The number of hydrogen-bond acceptors (Lipinski definition) is 3. The molecule has 0 amide bonds. The van der Waals surface area contributed by atoms with Gasteiger partial charge in [-0.25, -0.2) is 0 Å².